The van der Waals surface area contributed by atoms with Crippen LogP contribution < -0.4 is 15.8 Å². The summed E-state index contributed by atoms with van der Waals surface area (Å²) in [5.74, 6) is 1.62. The van der Waals surface area contributed by atoms with Gasteiger partial charge in [-0.15, -0.1) is 0 Å². The number of nitrogens with one attached hydrogen (secondary N) is 1. The van der Waals surface area contributed by atoms with Crippen LogP contribution in [0, 0.1) is 12.8 Å². The third kappa shape index (κ3) is 3.51. The topological polar surface area (TPSA) is 121 Å². The first-order valence-corrected chi connectivity index (χ1v) is 10.3. The van der Waals surface area contributed by atoms with Gasteiger partial charge < -0.3 is 15.8 Å². The fraction of sp³-hybridized carbons (Fsp3) is 0.261. The number of anilines is 2. The van der Waals surface area contributed by atoms with Gasteiger partial charge in [0.25, 0.3) is 0 Å². The van der Waals surface area contributed by atoms with Gasteiger partial charge in [0.15, 0.2) is 0 Å². The molecule has 1 amide bonds. The van der Waals surface area contributed by atoms with Crippen LogP contribution in [0.2, 0.25) is 0 Å². The third-order valence-corrected chi connectivity index (χ3v) is 5.94. The molecule has 1 aliphatic carbocycles. The predicted molar refractivity (Wildman–Crippen MR) is 121 cm³/mol. The Morgan fingerprint density at radius 3 is 2.84 bits per heavy atom. The summed E-state index contributed by atoms with van der Waals surface area (Å²) < 4.78 is 7.13. The summed E-state index contributed by atoms with van der Waals surface area (Å²) in [5.41, 5.74) is 9.73. The van der Waals surface area contributed by atoms with Crippen molar-refractivity contribution in [3.8, 4) is 17.0 Å². The number of aromatic nitrogens is 5. The smallest absolute Gasteiger partial charge is 0.229 e. The van der Waals surface area contributed by atoms with Gasteiger partial charge >= 0.3 is 0 Å². The highest BCUT2D eigenvalue weighted by Crippen LogP contribution is 2.47. The highest BCUT2D eigenvalue weighted by atomic mass is 16.5. The average Bonchev–Trinajstić information content (AvgIpc) is 3.47. The summed E-state index contributed by atoms with van der Waals surface area (Å²) in [6, 6.07) is 3.74. The van der Waals surface area contributed by atoms with Crippen LogP contribution in [0.3, 0.4) is 0 Å². The van der Waals surface area contributed by atoms with Crippen molar-refractivity contribution in [1.82, 2.24) is 24.7 Å². The average molecular weight is 429 g/mol. The van der Waals surface area contributed by atoms with Crippen molar-refractivity contribution in [2.45, 2.75) is 19.3 Å². The van der Waals surface area contributed by atoms with Gasteiger partial charge in [-0.25, -0.2) is 9.97 Å². The molecule has 0 spiro atoms. The molecule has 0 radical (unpaired) electrons. The molecule has 1 saturated carbocycles. The van der Waals surface area contributed by atoms with E-state index in [-0.39, 0.29) is 17.7 Å². The quantitative estimate of drug-likeness (QED) is 0.500. The van der Waals surface area contributed by atoms with Crippen molar-refractivity contribution in [3.63, 3.8) is 0 Å². The molecule has 0 bridgehead atoms. The predicted octanol–water partition coefficient (Wildman–Crippen LogP) is 3.07. The number of nitrogens with two attached hydrogens (primary N) is 1. The zero-order valence-electron chi connectivity index (χ0n) is 18.0. The van der Waals surface area contributed by atoms with Crippen LogP contribution in [0.25, 0.3) is 22.0 Å². The monoisotopic (exact) mass is 429 g/mol. The number of carbonyl (C=O) groups is 1. The molecule has 4 aromatic heterocycles. The standard InChI is InChI=1S/C23H23N7O2/c1-12-17(8-25-10-20(12)32-3)19-4-13-5-21(26-9-18(13)22(24)28-19)29-23(31)16-6-15(16)14-7-27-30(2)11-14/h4-5,7-11,15-16H,6H2,1-3H3,(H2,24,28)(H,26,29,31)/t15-,16+/m1/s1. The largest absolute Gasteiger partial charge is 0.495 e. The van der Waals surface area contributed by atoms with Gasteiger partial charge in [0.1, 0.15) is 17.4 Å². The van der Waals surface area contributed by atoms with Gasteiger partial charge in [-0.1, -0.05) is 0 Å². The molecule has 1 aliphatic rings. The lowest BCUT2D eigenvalue weighted by atomic mass is 10.0. The maximum atomic E-state index is 12.7. The third-order valence-electron chi connectivity index (χ3n) is 5.94. The number of hydrogen-bond acceptors (Lipinski definition) is 7. The van der Waals surface area contributed by atoms with Crippen LogP contribution in [0.5, 0.6) is 5.75 Å². The Labute approximate surface area is 184 Å². The normalized spacial score (nSPS) is 17.3. The van der Waals surface area contributed by atoms with E-state index in [1.54, 1.807) is 30.4 Å². The Kier molecular flexibility index (Phi) is 4.73. The van der Waals surface area contributed by atoms with E-state index in [1.165, 1.54) is 0 Å². The van der Waals surface area contributed by atoms with Crippen molar-refractivity contribution in [2.75, 3.05) is 18.2 Å². The lowest BCUT2D eigenvalue weighted by Crippen LogP contribution is -2.15. The molecule has 4 heterocycles. The summed E-state index contributed by atoms with van der Waals surface area (Å²) in [4.78, 5) is 25.9. The summed E-state index contributed by atoms with van der Waals surface area (Å²) in [6.07, 6.45) is 9.63. The van der Waals surface area contributed by atoms with Crippen LogP contribution in [0.15, 0.2) is 43.1 Å². The van der Waals surface area contributed by atoms with Crippen LogP contribution in [-0.2, 0) is 11.8 Å². The van der Waals surface area contributed by atoms with Crippen molar-refractivity contribution in [1.29, 1.82) is 0 Å². The Balaban J connectivity index is 1.42. The molecule has 0 saturated heterocycles. The van der Waals surface area contributed by atoms with E-state index in [0.29, 0.717) is 23.1 Å². The molecule has 162 valence electrons. The summed E-state index contributed by atoms with van der Waals surface area (Å²) in [7, 11) is 3.48. The number of amides is 1. The van der Waals surface area contributed by atoms with Crippen molar-refractivity contribution < 1.29 is 9.53 Å². The zero-order valence-corrected chi connectivity index (χ0v) is 18.0. The first-order valence-electron chi connectivity index (χ1n) is 10.3. The molecule has 0 aliphatic heterocycles. The molecule has 3 N–H and O–H groups in total. The molecular weight excluding hydrogens is 406 g/mol. The fourth-order valence-corrected chi connectivity index (χ4v) is 4.05. The zero-order chi connectivity index (χ0) is 22.4. The first kappa shape index (κ1) is 19.9. The van der Waals surface area contributed by atoms with Crippen LogP contribution in [-0.4, -0.2) is 37.7 Å². The van der Waals surface area contributed by atoms with Crippen LogP contribution in [0.4, 0.5) is 11.6 Å². The number of aryl methyl sites for hydroxylation is 1. The molecular formula is C23H23N7O2. The van der Waals surface area contributed by atoms with E-state index in [1.807, 2.05) is 38.5 Å². The summed E-state index contributed by atoms with van der Waals surface area (Å²) in [5, 5.41) is 8.69. The van der Waals surface area contributed by atoms with E-state index in [0.717, 1.165) is 33.9 Å². The Bertz CT molecular complexity index is 1350. The Morgan fingerprint density at radius 1 is 1.25 bits per heavy atom. The summed E-state index contributed by atoms with van der Waals surface area (Å²) in [6.45, 7) is 1.95. The maximum Gasteiger partial charge on any atom is 0.229 e. The number of hydrogen-bond donors (Lipinski definition) is 2. The number of pyridine rings is 3. The first-order chi connectivity index (χ1) is 15.4. The second kappa shape index (κ2) is 7.60. The molecule has 0 aromatic carbocycles. The second-order valence-electron chi connectivity index (χ2n) is 8.08. The summed E-state index contributed by atoms with van der Waals surface area (Å²) >= 11 is 0. The van der Waals surface area contributed by atoms with E-state index in [2.05, 4.69) is 25.4 Å². The number of nitrogens with zero attached hydrogens (tertiary/aromatic N) is 5. The number of ether oxygens (including phenoxy) is 1. The number of fused-ring (bicyclic) bond motifs is 1. The maximum absolute atomic E-state index is 12.7. The van der Waals surface area contributed by atoms with E-state index < -0.39 is 0 Å². The molecule has 9 nitrogen and oxygen atoms in total. The van der Waals surface area contributed by atoms with Crippen molar-refractivity contribution in [2.24, 2.45) is 13.0 Å². The molecule has 0 unspecified atom stereocenters. The van der Waals surface area contributed by atoms with E-state index in [4.69, 9.17) is 10.5 Å². The molecule has 32 heavy (non-hydrogen) atoms. The van der Waals surface area contributed by atoms with Crippen LogP contribution in [0.1, 0.15) is 23.5 Å². The van der Waals surface area contributed by atoms with Gasteiger partial charge in [-0.05, 0) is 42.3 Å². The fourth-order valence-electron chi connectivity index (χ4n) is 4.05. The number of nitrogen functional groups attached to an aromatic ring is 1. The van der Waals surface area contributed by atoms with Gasteiger partial charge in [0, 0.05) is 48.1 Å². The molecule has 9 heteroatoms. The van der Waals surface area contributed by atoms with Crippen LogP contribution >= 0.6 is 0 Å². The van der Waals surface area contributed by atoms with E-state index >= 15 is 0 Å². The highest BCUT2D eigenvalue weighted by molar-refractivity contribution is 5.98. The SMILES string of the molecule is COc1cncc(-c2cc3cc(NC(=O)[C@H]4C[C@@H]4c4cnn(C)c4)ncc3c(N)n2)c1C. The van der Waals surface area contributed by atoms with Gasteiger partial charge in [0.05, 0.1) is 25.2 Å². The Hall–Kier alpha value is -4.01. The van der Waals surface area contributed by atoms with Gasteiger partial charge in [0.2, 0.25) is 5.91 Å². The highest BCUT2D eigenvalue weighted by Gasteiger charge is 2.44. The second-order valence-corrected chi connectivity index (χ2v) is 8.08. The number of carbonyl (C=O) groups excluding carboxylic acids is 1. The molecule has 2 atom stereocenters. The lowest BCUT2D eigenvalue weighted by Gasteiger charge is -2.12. The molecule has 5 rings (SSSR count). The van der Waals surface area contributed by atoms with E-state index in [9.17, 15) is 4.79 Å². The minimum atomic E-state index is -0.0692. The van der Waals surface area contributed by atoms with Crippen molar-refractivity contribution >= 4 is 28.3 Å². The Morgan fingerprint density at radius 2 is 2.09 bits per heavy atom. The molecule has 4 aromatic rings. The minimum Gasteiger partial charge on any atom is -0.495 e. The van der Waals surface area contributed by atoms with Crippen molar-refractivity contribution in [3.05, 3.63) is 54.2 Å². The van der Waals surface area contributed by atoms with Gasteiger partial charge in [-0.2, -0.15) is 5.10 Å². The number of rotatable bonds is 5. The minimum absolute atomic E-state index is 0.0409. The number of methoxy groups -OCH3 is 1. The molecule has 1 fully saturated rings. The lowest BCUT2D eigenvalue weighted by molar-refractivity contribution is -0.117. The van der Waals surface area contributed by atoms with Gasteiger partial charge in [-0.3, -0.25) is 14.5 Å².